The maximum absolute atomic E-state index is 11.6. The van der Waals surface area contributed by atoms with E-state index >= 15 is 0 Å². The standard InChI is InChI=1S/C13H9N3O2/c17-9-8-15-13(18)11-6-7-14-12(16-11)10-4-2-1-3-5-10/h1-8H,(H,15,18). The Morgan fingerprint density at radius 3 is 2.72 bits per heavy atom. The van der Waals surface area contributed by atoms with E-state index in [1.165, 1.54) is 18.2 Å². The average molecular weight is 239 g/mol. The zero-order chi connectivity index (χ0) is 12.8. The first-order valence-corrected chi connectivity index (χ1v) is 5.20. The van der Waals surface area contributed by atoms with Gasteiger partial charge in [-0.05, 0) is 6.07 Å². The third-order valence-corrected chi connectivity index (χ3v) is 2.18. The second-order valence-corrected chi connectivity index (χ2v) is 3.37. The molecule has 1 N–H and O–H groups in total. The van der Waals surface area contributed by atoms with Crippen molar-refractivity contribution in [2.24, 2.45) is 0 Å². The molecule has 1 heterocycles. The number of rotatable bonds is 3. The Bertz CT molecular complexity index is 605. The van der Waals surface area contributed by atoms with E-state index < -0.39 is 5.91 Å². The minimum Gasteiger partial charge on any atom is -0.317 e. The summed E-state index contributed by atoms with van der Waals surface area (Å²) in [7, 11) is 0. The lowest BCUT2D eigenvalue weighted by Crippen LogP contribution is -2.19. The Balaban J connectivity index is 2.31. The molecule has 0 saturated carbocycles. The molecule has 2 aromatic rings. The fourth-order valence-corrected chi connectivity index (χ4v) is 1.38. The maximum atomic E-state index is 11.6. The van der Waals surface area contributed by atoms with Gasteiger partial charge in [0.05, 0.1) is 6.20 Å². The topological polar surface area (TPSA) is 72.0 Å². The molecule has 5 nitrogen and oxygen atoms in total. The Labute approximate surface area is 103 Å². The highest BCUT2D eigenvalue weighted by atomic mass is 16.2. The first-order valence-electron chi connectivity index (χ1n) is 5.20. The van der Waals surface area contributed by atoms with Gasteiger partial charge in [0.15, 0.2) is 5.82 Å². The number of hydrogen-bond donors (Lipinski definition) is 1. The van der Waals surface area contributed by atoms with Crippen LogP contribution >= 0.6 is 0 Å². The molecule has 0 saturated heterocycles. The largest absolute Gasteiger partial charge is 0.317 e. The molecule has 2 rings (SSSR count). The normalized spacial score (nSPS) is 9.33. The summed E-state index contributed by atoms with van der Waals surface area (Å²) in [6, 6.07) is 10.8. The van der Waals surface area contributed by atoms with Gasteiger partial charge in [-0.1, -0.05) is 30.3 Å². The van der Waals surface area contributed by atoms with Gasteiger partial charge in [0.25, 0.3) is 5.91 Å². The molecule has 0 spiro atoms. The van der Waals surface area contributed by atoms with Crippen molar-refractivity contribution in [1.29, 1.82) is 0 Å². The van der Waals surface area contributed by atoms with E-state index in [0.29, 0.717) is 5.82 Å². The first-order chi connectivity index (χ1) is 8.81. The molecular weight excluding hydrogens is 230 g/mol. The zero-order valence-corrected chi connectivity index (χ0v) is 9.33. The van der Waals surface area contributed by atoms with Crippen molar-refractivity contribution in [2.75, 3.05) is 0 Å². The molecule has 0 unspecified atom stereocenters. The van der Waals surface area contributed by atoms with Gasteiger partial charge >= 0.3 is 0 Å². The summed E-state index contributed by atoms with van der Waals surface area (Å²) >= 11 is 0. The monoisotopic (exact) mass is 239 g/mol. The molecule has 0 bridgehead atoms. The number of amides is 1. The third-order valence-electron chi connectivity index (χ3n) is 2.18. The zero-order valence-electron chi connectivity index (χ0n) is 9.33. The van der Waals surface area contributed by atoms with Crippen molar-refractivity contribution in [2.45, 2.75) is 0 Å². The number of nitrogens with one attached hydrogen (secondary N) is 1. The molecule has 1 aromatic carbocycles. The summed E-state index contributed by atoms with van der Waals surface area (Å²) in [5.41, 5.74) is 1.01. The van der Waals surface area contributed by atoms with Crippen LogP contribution in [0.1, 0.15) is 10.5 Å². The van der Waals surface area contributed by atoms with Crippen LogP contribution in [0.25, 0.3) is 11.4 Å². The summed E-state index contributed by atoms with van der Waals surface area (Å²) in [6.45, 7) is 0. The van der Waals surface area contributed by atoms with Gasteiger partial charge in [-0.3, -0.25) is 4.79 Å². The molecule has 0 aliphatic heterocycles. The van der Waals surface area contributed by atoms with E-state index in [0.717, 1.165) is 11.8 Å². The molecule has 88 valence electrons. The number of aromatic nitrogens is 2. The molecule has 0 atom stereocenters. The highest BCUT2D eigenvalue weighted by Gasteiger charge is 2.08. The third kappa shape index (κ3) is 2.66. The fraction of sp³-hybridized carbons (Fsp3) is 0. The lowest BCUT2D eigenvalue weighted by Gasteiger charge is -2.02. The SMILES string of the molecule is O=C=CNC(=O)c1ccnc(-c2ccccc2)n1. The van der Waals surface area contributed by atoms with Gasteiger partial charge in [0, 0.05) is 11.8 Å². The minimum atomic E-state index is -0.474. The molecule has 18 heavy (non-hydrogen) atoms. The van der Waals surface area contributed by atoms with Gasteiger partial charge in [-0.25, -0.2) is 14.8 Å². The molecule has 0 aliphatic carbocycles. The van der Waals surface area contributed by atoms with E-state index in [2.05, 4.69) is 15.3 Å². The van der Waals surface area contributed by atoms with Crippen molar-refractivity contribution in [3.8, 4) is 11.4 Å². The van der Waals surface area contributed by atoms with Crippen molar-refractivity contribution in [3.63, 3.8) is 0 Å². The molecule has 1 aromatic heterocycles. The maximum Gasteiger partial charge on any atom is 0.274 e. The van der Waals surface area contributed by atoms with E-state index in [1.807, 2.05) is 30.3 Å². The lowest BCUT2D eigenvalue weighted by molar-refractivity contribution is 0.0965. The number of hydrogen-bond acceptors (Lipinski definition) is 4. The molecule has 0 aliphatic rings. The van der Waals surface area contributed by atoms with Crippen LogP contribution in [0, 0.1) is 0 Å². The van der Waals surface area contributed by atoms with Crippen LogP contribution in [0.4, 0.5) is 0 Å². The Morgan fingerprint density at radius 1 is 1.22 bits per heavy atom. The summed E-state index contributed by atoms with van der Waals surface area (Å²) in [4.78, 5) is 29.8. The minimum absolute atomic E-state index is 0.190. The predicted octanol–water partition coefficient (Wildman–Crippen LogP) is 1.22. The van der Waals surface area contributed by atoms with Gasteiger partial charge in [0.2, 0.25) is 0 Å². The second-order valence-electron chi connectivity index (χ2n) is 3.37. The van der Waals surface area contributed by atoms with E-state index in [-0.39, 0.29) is 5.69 Å². The molecule has 5 heteroatoms. The van der Waals surface area contributed by atoms with Gasteiger partial charge in [-0.2, -0.15) is 0 Å². The number of nitrogens with zero attached hydrogens (tertiary/aromatic N) is 2. The molecule has 1 amide bonds. The van der Waals surface area contributed by atoms with Crippen molar-refractivity contribution in [3.05, 3.63) is 54.5 Å². The van der Waals surface area contributed by atoms with E-state index in [1.54, 1.807) is 0 Å². The molecule has 0 fully saturated rings. The van der Waals surface area contributed by atoms with Gasteiger partial charge in [0.1, 0.15) is 11.6 Å². The van der Waals surface area contributed by atoms with Crippen LogP contribution in [0.15, 0.2) is 48.8 Å². The summed E-state index contributed by atoms with van der Waals surface area (Å²) in [5, 5.41) is 2.25. The number of carbonyl (C=O) groups excluding carboxylic acids is 2. The Morgan fingerprint density at radius 2 is 2.00 bits per heavy atom. The number of carbonyl (C=O) groups is 1. The molecule has 0 radical (unpaired) electrons. The quantitative estimate of drug-likeness (QED) is 0.817. The van der Waals surface area contributed by atoms with E-state index in [9.17, 15) is 9.59 Å². The van der Waals surface area contributed by atoms with Crippen LogP contribution in [-0.4, -0.2) is 21.8 Å². The van der Waals surface area contributed by atoms with Crippen LogP contribution in [0.5, 0.6) is 0 Å². The van der Waals surface area contributed by atoms with Crippen LogP contribution in [-0.2, 0) is 4.79 Å². The van der Waals surface area contributed by atoms with Crippen molar-refractivity contribution in [1.82, 2.24) is 15.3 Å². The Hall–Kier alpha value is -2.78. The smallest absolute Gasteiger partial charge is 0.274 e. The van der Waals surface area contributed by atoms with E-state index in [4.69, 9.17) is 0 Å². The summed E-state index contributed by atoms with van der Waals surface area (Å²) in [5.74, 6) is 1.45. The Kier molecular flexibility index (Phi) is 3.59. The van der Waals surface area contributed by atoms with Crippen molar-refractivity contribution >= 4 is 11.8 Å². The molecular formula is C13H9N3O2. The predicted molar refractivity (Wildman–Crippen MR) is 65.2 cm³/mol. The van der Waals surface area contributed by atoms with Gasteiger partial charge < -0.3 is 5.32 Å². The van der Waals surface area contributed by atoms with Crippen molar-refractivity contribution < 1.29 is 9.59 Å². The lowest BCUT2D eigenvalue weighted by atomic mass is 10.2. The average Bonchev–Trinajstić information content (AvgIpc) is 2.46. The van der Waals surface area contributed by atoms with Crippen LogP contribution < -0.4 is 5.32 Å². The highest BCUT2D eigenvalue weighted by Crippen LogP contribution is 2.13. The number of benzene rings is 1. The van der Waals surface area contributed by atoms with Gasteiger partial charge in [-0.15, -0.1) is 0 Å². The van der Waals surface area contributed by atoms with Crippen LogP contribution in [0.2, 0.25) is 0 Å². The van der Waals surface area contributed by atoms with Crippen LogP contribution in [0.3, 0.4) is 0 Å². The summed E-state index contributed by atoms with van der Waals surface area (Å²) < 4.78 is 0. The second kappa shape index (κ2) is 5.52. The summed E-state index contributed by atoms with van der Waals surface area (Å²) in [6.07, 6.45) is 2.39. The fourth-order valence-electron chi connectivity index (χ4n) is 1.38. The highest BCUT2D eigenvalue weighted by molar-refractivity contribution is 5.93. The first kappa shape index (κ1) is 11.7.